The molecular formula is C17H18O4S2. The Kier molecular flexibility index (Phi) is 3.84. The molecule has 1 aliphatic rings. The molecule has 0 aliphatic heterocycles. The van der Waals surface area contributed by atoms with Crippen LogP contribution in [0.25, 0.3) is 0 Å². The summed E-state index contributed by atoms with van der Waals surface area (Å²) in [5, 5.41) is 0. The molecule has 2 atom stereocenters. The van der Waals surface area contributed by atoms with Crippen molar-refractivity contribution < 1.29 is 16.8 Å². The highest BCUT2D eigenvalue weighted by atomic mass is 33.2. The Morgan fingerprint density at radius 1 is 0.826 bits per heavy atom. The predicted molar refractivity (Wildman–Crippen MR) is 88.5 cm³/mol. The van der Waals surface area contributed by atoms with Crippen molar-refractivity contribution in [2.75, 3.05) is 0 Å². The first-order chi connectivity index (χ1) is 10.7. The van der Waals surface area contributed by atoms with Crippen molar-refractivity contribution in [2.24, 2.45) is 5.92 Å². The van der Waals surface area contributed by atoms with E-state index in [2.05, 4.69) is 13.8 Å². The van der Waals surface area contributed by atoms with Crippen LogP contribution in [0.5, 0.6) is 0 Å². The molecule has 6 heteroatoms. The maximum Gasteiger partial charge on any atom is 0.286 e. The SMILES string of the molecule is CC1Cc2cc(S(=O)(=O)S(=O)(=O)c3ccccc3)ccc2C1C. The Balaban J connectivity index is 2.11. The summed E-state index contributed by atoms with van der Waals surface area (Å²) in [7, 11) is -8.94. The molecule has 4 nitrogen and oxygen atoms in total. The summed E-state index contributed by atoms with van der Waals surface area (Å²) in [4.78, 5) is -0.358. The predicted octanol–water partition coefficient (Wildman–Crippen LogP) is 3.14. The van der Waals surface area contributed by atoms with Gasteiger partial charge in [0.2, 0.25) is 0 Å². The summed E-state index contributed by atoms with van der Waals surface area (Å²) in [5.41, 5.74) is 2.03. The average Bonchev–Trinajstić information content (AvgIpc) is 2.82. The topological polar surface area (TPSA) is 68.3 Å². The third kappa shape index (κ3) is 2.50. The minimum absolute atomic E-state index is 0.151. The van der Waals surface area contributed by atoms with Crippen LogP contribution in [0, 0.1) is 5.92 Å². The molecule has 0 spiro atoms. The summed E-state index contributed by atoms with van der Waals surface area (Å²) in [6.07, 6.45) is 0.769. The minimum atomic E-state index is -4.48. The lowest BCUT2D eigenvalue weighted by Crippen LogP contribution is -2.16. The number of benzene rings is 2. The third-order valence-electron chi connectivity index (χ3n) is 4.61. The summed E-state index contributed by atoms with van der Waals surface area (Å²) in [5.74, 6) is 0.779. The molecule has 2 unspecified atom stereocenters. The maximum absolute atomic E-state index is 12.6. The van der Waals surface area contributed by atoms with Crippen molar-refractivity contribution in [3.63, 3.8) is 0 Å². The van der Waals surface area contributed by atoms with Gasteiger partial charge in [0.15, 0.2) is 0 Å². The molecule has 0 bridgehead atoms. The number of fused-ring (bicyclic) bond motifs is 1. The fraction of sp³-hybridized carbons (Fsp3) is 0.294. The molecule has 0 radical (unpaired) electrons. The molecule has 0 saturated heterocycles. The smallest absolute Gasteiger partial charge is 0.207 e. The highest BCUT2D eigenvalue weighted by molar-refractivity contribution is 8.67. The molecule has 0 fully saturated rings. The summed E-state index contributed by atoms with van der Waals surface area (Å²) < 4.78 is 50.2. The molecule has 0 aromatic heterocycles. The fourth-order valence-corrected chi connectivity index (χ4v) is 6.71. The second-order valence-electron chi connectivity index (χ2n) is 6.05. The van der Waals surface area contributed by atoms with E-state index < -0.39 is 17.7 Å². The zero-order valence-corrected chi connectivity index (χ0v) is 14.6. The molecule has 1 aliphatic carbocycles. The number of rotatable bonds is 3. The van der Waals surface area contributed by atoms with Crippen LogP contribution in [0.4, 0.5) is 0 Å². The quantitative estimate of drug-likeness (QED) is 0.798. The molecule has 23 heavy (non-hydrogen) atoms. The Morgan fingerprint density at radius 3 is 2.09 bits per heavy atom. The molecular weight excluding hydrogens is 332 g/mol. The van der Waals surface area contributed by atoms with Gasteiger partial charge in [0.1, 0.15) is 0 Å². The molecule has 0 saturated carbocycles. The standard InChI is InChI=1S/C17H18O4S2/c1-12-10-14-11-16(8-9-17(14)13(12)2)23(20,21)22(18,19)15-6-4-3-5-7-15/h3-9,11-13H,10H2,1-2H3. The summed E-state index contributed by atoms with van der Waals surface area (Å²) >= 11 is 0. The van der Waals surface area contributed by atoms with E-state index in [9.17, 15) is 16.8 Å². The van der Waals surface area contributed by atoms with Gasteiger partial charge in [0, 0.05) is 0 Å². The highest BCUT2D eigenvalue weighted by Gasteiger charge is 2.35. The Morgan fingerprint density at radius 2 is 1.43 bits per heavy atom. The Labute approximate surface area is 136 Å². The Bertz CT molecular complexity index is 945. The van der Waals surface area contributed by atoms with Gasteiger partial charge in [-0.3, -0.25) is 0 Å². The highest BCUT2D eigenvalue weighted by Crippen LogP contribution is 2.39. The van der Waals surface area contributed by atoms with Gasteiger partial charge in [-0.2, -0.15) is 0 Å². The lowest BCUT2D eigenvalue weighted by Gasteiger charge is -2.10. The van der Waals surface area contributed by atoms with Crippen molar-refractivity contribution in [2.45, 2.75) is 36.0 Å². The maximum atomic E-state index is 12.6. The summed E-state index contributed by atoms with van der Waals surface area (Å²) in [6, 6.07) is 11.9. The zero-order valence-electron chi connectivity index (χ0n) is 12.9. The first-order valence-electron chi connectivity index (χ1n) is 7.43. The van der Waals surface area contributed by atoms with Gasteiger partial charge >= 0.3 is 0 Å². The molecule has 122 valence electrons. The van der Waals surface area contributed by atoms with Gasteiger partial charge in [-0.1, -0.05) is 38.1 Å². The normalized spacial score (nSPS) is 21.1. The van der Waals surface area contributed by atoms with Gasteiger partial charge in [-0.15, -0.1) is 0 Å². The monoisotopic (exact) mass is 350 g/mol. The molecule has 0 amide bonds. The lowest BCUT2D eigenvalue weighted by molar-refractivity contribution is 0.532. The van der Waals surface area contributed by atoms with Crippen LogP contribution in [-0.4, -0.2) is 16.8 Å². The zero-order chi connectivity index (χ0) is 16.8. The first-order valence-corrected chi connectivity index (χ1v) is 10.9. The largest absolute Gasteiger partial charge is 0.286 e. The third-order valence-corrected chi connectivity index (χ3v) is 9.76. The van der Waals surface area contributed by atoms with E-state index in [0.717, 1.165) is 17.5 Å². The molecule has 2 aromatic carbocycles. The van der Waals surface area contributed by atoms with Gasteiger partial charge in [0.25, 0.3) is 17.7 Å². The van der Waals surface area contributed by atoms with Gasteiger partial charge in [-0.05, 0) is 53.6 Å². The first kappa shape index (κ1) is 16.2. The van der Waals surface area contributed by atoms with Crippen molar-refractivity contribution >= 4 is 17.7 Å². The second-order valence-corrected chi connectivity index (χ2v) is 11.4. The Hall–Kier alpha value is -1.66. The van der Waals surface area contributed by atoms with E-state index in [1.54, 1.807) is 12.1 Å². The average molecular weight is 350 g/mol. The molecule has 3 rings (SSSR count). The minimum Gasteiger partial charge on any atom is -0.207 e. The number of hydrogen-bond donors (Lipinski definition) is 0. The van der Waals surface area contributed by atoms with Gasteiger partial charge in [0.05, 0.1) is 9.79 Å². The van der Waals surface area contributed by atoms with Crippen molar-refractivity contribution in [1.29, 1.82) is 0 Å². The molecule has 2 aromatic rings. The van der Waals surface area contributed by atoms with E-state index in [0.29, 0.717) is 11.8 Å². The van der Waals surface area contributed by atoms with Crippen LogP contribution in [0.3, 0.4) is 0 Å². The lowest BCUT2D eigenvalue weighted by atomic mass is 9.97. The van der Waals surface area contributed by atoms with Crippen LogP contribution >= 0.6 is 0 Å². The second kappa shape index (κ2) is 5.46. The molecule has 0 N–H and O–H groups in total. The van der Waals surface area contributed by atoms with Gasteiger partial charge in [-0.25, -0.2) is 16.8 Å². The van der Waals surface area contributed by atoms with Crippen molar-refractivity contribution in [1.82, 2.24) is 0 Å². The van der Waals surface area contributed by atoms with E-state index in [1.807, 2.05) is 0 Å². The van der Waals surface area contributed by atoms with Crippen LogP contribution in [0.2, 0.25) is 0 Å². The summed E-state index contributed by atoms with van der Waals surface area (Å²) in [6.45, 7) is 4.21. The van der Waals surface area contributed by atoms with Crippen LogP contribution < -0.4 is 0 Å². The van der Waals surface area contributed by atoms with Crippen molar-refractivity contribution in [3.05, 3.63) is 59.7 Å². The number of hydrogen-bond acceptors (Lipinski definition) is 4. The van der Waals surface area contributed by atoms with Gasteiger partial charge < -0.3 is 0 Å². The van der Waals surface area contributed by atoms with Crippen molar-refractivity contribution in [3.8, 4) is 0 Å². The van der Waals surface area contributed by atoms with E-state index in [1.165, 1.54) is 36.4 Å². The fourth-order valence-electron chi connectivity index (χ4n) is 3.03. The van der Waals surface area contributed by atoms with Crippen LogP contribution in [-0.2, 0) is 24.2 Å². The van der Waals surface area contributed by atoms with Crippen LogP contribution in [0.15, 0.2) is 58.3 Å². The molecule has 0 heterocycles. The van der Waals surface area contributed by atoms with E-state index in [4.69, 9.17) is 0 Å². The van der Waals surface area contributed by atoms with E-state index >= 15 is 0 Å². The van der Waals surface area contributed by atoms with Crippen LogP contribution in [0.1, 0.15) is 30.9 Å². The van der Waals surface area contributed by atoms with E-state index in [-0.39, 0.29) is 9.79 Å².